The summed E-state index contributed by atoms with van der Waals surface area (Å²) in [5.41, 5.74) is 4.99. The van der Waals surface area contributed by atoms with E-state index in [1.807, 2.05) is 0 Å². The summed E-state index contributed by atoms with van der Waals surface area (Å²) in [5.74, 6) is 0.546. The Kier molecular flexibility index (Phi) is 11.7. The fourth-order valence-corrected chi connectivity index (χ4v) is 2.22. The van der Waals surface area contributed by atoms with Gasteiger partial charge in [0.15, 0.2) is 0 Å². The molecule has 1 rings (SSSR count). The van der Waals surface area contributed by atoms with Crippen LogP contribution in [-0.2, 0) is 4.79 Å². The van der Waals surface area contributed by atoms with Gasteiger partial charge < -0.3 is 20.9 Å². The molecule has 0 atom stereocenters. The lowest BCUT2D eigenvalue weighted by Gasteiger charge is -2.33. The minimum atomic E-state index is -0.771. The summed E-state index contributed by atoms with van der Waals surface area (Å²) in [6.45, 7) is 8.78. The quantitative estimate of drug-likeness (QED) is 0.754. The number of piperidine rings is 1. The third-order valence-corrected chi connectivity index (χ3v) is 3.71. The smallest absolute Gasteiger partial charge is 0.239 e. The van der Waals surface area contributed by atoms with E-state index in [2.05, 4.69) is 29.2 Å². The van der Waals surface area contributed by atoms with E-state index in [4.69, 9.17) is 5.73 Å². The van der Waals surface area contributed by atoms with Gasteiger partial charge in [0.2, 0.25) is 5.91 Å². The molecular weight excluding hydrogens is 311 g/mol. The summed E-state index contributed by atoms with van der Waals surface area (Å²) in [6.07, 6.45) is 2.33. The van der Waals surface area contributed by atoms with Gasteiger partial charge in [0.05, 0.1) is 5.54 Å². The van der Waals surface area contributed by atoms with Crippen LogP contribution in [0.1, 0.15) is 26.7 Å². The Morgan fingerprint density at radius 3 is 2.24 bits per heavy atom. The van der Waals surface area contributed by atoms with Gasteiger partial charge in [-0.2, -0.15) is 0 Å². The van der Waals surface area contributed by atoms with Crippen LogP contribution in [0.4, 0.5) is 0 Å². The van der Waals surface area contributed by atoms with E-state index in [9.17, 15) is 4.79 Å². The van der Waals surface area contributed by atoms with Crippen molar-refractivity contribution in [1.82, 2.24) is 15.1 Å². The molecule has 0 aromatic carbocycles. The number of carbonyl (C=O) groups is 1. The van der Waals surface area contributed by atoms with Crippen LogP contribution in [-0.4, -0.2) is 68.1 Å². The largest absolute Gasteiger partial charge is 0.354 e. The molecule has 1 amide bonds. The van der Waals surface area contributed by atoms with Crippen LogP contribution in [0.5, 0.6) is 0 Å². The molecule has 128 valence electrons. The molecular formula is C14H32Cl2N4O. The molecule has 1 aliphatic rings. The standard InChI is InChI=1S/C14H30N4O.2ClH/c1-14(2,15)13(19)16-11-12-5-7-18(8-6-12)10-9-17(3)4;;/h12H,5-11,15H2,1-4H3,(H,16,19);2*1H. The van der Waals surface area contributed by atoms with E-state index in [1.54, 1.807) is 13.8 Å². The monoisotopic (exact) mass is 342 g/mol. The van der Waals surface area contributed by atoms with E-state index < -0.39 is 5.54 Å². The van der Waals surface area contributed by atoms with E-state index >= 15 is 0 Å². The molecule has 1 fully saturated rings. The van der Waals surface area contributed by atoms with Gasteiger partial charge in [-0.1, -0.05) is 0 Å². The van der Waals surface area contributed by atoms with Crippen molar-refractivity contribution in [2.75, 3.05) is 46.8 Å². The number of halogens is 2. The van der Waals surface area contributed by atoms with Crippen molar-refractivity contribution < 1.29 is 4.79 Å². The lowest BCUT2D eigenvalue weighted by molar-refractivity contribution is -0.125. The molecule has 0 aliphatic carbocycles. The number of hydrogen-bond donors (Lipinski definition) is 2. The molecule has 0 aromatic rings. The van der Waals surface area contributed by atoms with Crippen LogP contribution in [0.25, 0.3) is 0 Å². The van der Waals surface area contributed by atoms with Crippen LogP contribution in [0.15, 0.2) is 0 Å². The van der Waals surface area contributed by atoms with Crippen LogP contribution in [0.2, 0.25) is 0 Å². The normalized spacial score (nSPS) is 17.0. The van der Waals surface area contributed by atoms with Gasteiger partial charge in [0, 0.05) is 19.6 Å². The third-order valence-electron chi connectivity index (χ3n) is 3.71. The Morgan fingerprint density at radius 2 is 1.81 bits per heavy atom. The topological polar surface area (TPSA) is 61.6 Å². The Labute approximate surface area is 141 Å². The number of amides is 1. The van der Waals surface area contributed by atoms with Crippen LogP contribution >= 0.6 is 24.8 Å². The fourth-order valence-electron chi connectivity index (χ4n) is 2.22. The van der Waals surface area contributed by atoms with Crippen molar-refractivity contribution >= 4 is 30.7 Å². The summed E-state index contributed by atoms with van der Waals surface area (Å²) in [7, 11) is 4.22. The Hall–Kier alpha value is -0.0700. The third kappa shape index (κ3) is 9.53. The number of hydrogen-bond acceptors (Lipinski definition) is 4. The molecule has 0 bridgehead atoms. The number of likely N-dealkylation sites (N-methyl/N-ethyl adjacent to an activating group) is 1. The first kappa shape index (κ1) is 23.2. The molecule has 0 spiro atoms. The highest BCUT2D eigenvalue weighted by molar-refractivity contribution is 5.85. The maximum absolute atomic E-state index is 11.7. The lowest BCUT2D eigenvalue weighted by atomic mass is 9.96. The summed E-state index contributed by atoms with van der Waals surface area (Å²) in [4.78, 5) is 16.4. The number of likely N-dealkylation sites (tertiary alicyclic amines) is 1. The second-order valence-corrected chi connectivity index (χ2v) is 6.52. The molecule has 0 unspecified atom stereocenters. The molecule has 0 radical (unpaired) electrons. The molecule has 7 heteroatoms. The zero-order valence-corrected chi connectivity index (χ0v) is 15.4. The minimum Gasteiger partial charge on any atom is -0.354 e. The van der Waals surface area contributed by atoms with E-state index in [1.165, 1.54) is 12.8 Å². The summed E-state index contributed by atoms with van der Waals surface area (Å²) >= 11 is 0. The van der Waals surface area contributed by atoms with Crippen LogP contribution < -0.4 is 11.1 Å². The minimum absolute atomic E-state index is 0. The lowest BCUT2D eigenvalue weighted by Crippen LogP contribution is -2.50. The predicted molar refractivity (Wildman–Crippen MR) is 93.5 cm³/mol. The maximum Gasteiger partial charge on any atom is 0.239 e. The van der Waals surface area contributed by atoms with Crippen molar-refractivity contribution in [3.8, 4) is 0 Å². The van der Waals surface area contributed by atoms with Crippen molar-refractivity contribution in [3.05, 3.63) is 0 Å². The zero-order chi connectivity index (χ0) is 14.5. The highest BCUT2D eigenvalue weighted by atomic mass is 35.5. The number of rotatable bonds is 6. The van der Waals surface area contributed by atoms with Crippen LogP contribution in [0, 0.1) is 5.92 Å². The first-order valence-corrected chi connectivity index (χ1v) is 7.23. The second kappa shape index (κ2) is 10.6. The highest BCUT2D eigenvalue weighted by Crippen LogP contribution is 2.16. The van der Waals surface area contributed by atoms with Gasteiger partial charge in [0.1, 0.15) is 0 Å². The van der Waals surface area contributed by atoms with Gasteiger partial charge in [0.25, 0.3) is 0 Å². The first-order chi connectivity index (χ1) is 8.79. The number of nitrogens with zero attached hydrogens (tertiary/aromatic N) is 2. The summed E-state index contributed by atoms with van der Waals surface area (Å²) in [5, 5.41) is 2.97. The SMILES string of the molecule is CN(C)CCN1CCC(CNC(=O)C(C)(C)N)CC1.Cl.Cl. The molecule has 3 N–H and O–H groups in total. The Balaban J connectivity index is 0. The molecule has 1 saturated heterocycles. The van der Waals surface area contributed by atoms with E-state index in [-0.39, 0.29) is 30.7 Å². The van der Waals surface area contributed by atoms with Crippen molar-refractivity contribution in [1.29, 1.82) is 0 Å². The molecule has 0 aromatic heterocycles. The maximum atomic E-state index is 11.7. The Bertz CT molecular complexity index is 287. The van der Waals surface area contributed by atoms with Gasteiger partial charge in [-0.15, -0.1) is 24.8 Å². The van der Waals surface area contributed by atoms with Crippen LogP contribution in [0.3, 0.4) is 0 Å². The number of nitrogens with two attached hydrogens (primary N) is 1. The van der Waals surface area contributed by atoms with E-state index in [0.717, 1.165) is 32.7 Å². The number of carbonyl (C=O) groups excluding carboxylic acids is 1. The summed E-state index contributed by atoms with van der Waals surface area (Å²) in [6, 6.07) is 0. The molecule has 5 nitrogen and oxygen atoms in total. The average Bonchev–Trinajstić information content (AvgIpc) is 2.33. The average molecular weight is 343 g/mol. The number of nitrogens with one attached hydrogen (secondary N) is 1. The predicted octanol–water partition coefficient (Wildman–Crippen LogP) is 0.957. The van der Waals surface area contributed by atoms with E-state index in [0.29, 0.717) is 5.92 Å². The van der Waals surface area contributed by atoms with Gasteiger partial charge in [-0.25, -0.2) is 0 Å². The van der Waals surface area contributed by atoms with Crippen molar-refractivity contribution in [3.63, 3.8) is 0 Å². The first-order valence-electron chi connectivity index (χ1n) is 7.23. The zero-order valence-electron chi connectivity index (χ0n) is 13.7. The highest BCUT2D eigenvalue weighted by Gasteiger charge is 2.24. The second-order valence-electron chi connectivity index (χ2n) is 6.52. The van der Waals surface area contributed by atoms with Crippen molar-refractivity contribution in [2.24, 2.45) is 11.7 Å². The van der Waals surface area contributed by atoms with Gasteiger partial charge in [-0.3, -0.25) is 4.79 Å². The fraction of sp³-hybridized carbons (Fsp3) is 0.929. The van der Waals surface area contributed by atoms with Crippen molar-refractivity contribution in [2.45, 2.75) is 32.2 Å². The molecule has 21 heavy (non-hydrogen) atoms. The molecule has 1 aliphatic heterocycles. The van der Waals surface area contributed by atoms with Gasteiger partial charge in [-0.05, 0) is 59.8 Å². The summed E-state index contributed by atoms with van der Waals surface area (Å²) < 4.78 is 0. The van der Waals surface area contributed by atoms with Gasteiger partial charge >= 0.3 is 0 Å². The Morgan fingerprint density at radius 1 is 1.29 bits per heavy atom. The molecule has 0 saturated carbocycles. The molecule has 1 heterocycles.